The van der Waals surface area contributed by atoms with Crippen LogP contribution in [-0.2, 0) is 0 Å². The Morgan fingerprint density at radius 2 is 1.83 bits per heavy atom. The Hall–Kier alpha value is -1.06. The average molecular weight is 250 g/mol. The minimum Gasteiger partial charge on any atom is -0.496 e. The zero-order valence-electron chi connectivity index (χ0n) is 12.4. The predicted octanol–water partition coefficient (Wildman–Crippen LogP) is 2.65. The van der Waals surface area contributed by atoms with Gasteiger partial charge >= 0.3 is 0 Å². The van der Waals surface area contributed by atoms with Gasteiger partial charge in [-0.3, -0.25) is 0 Å². The van der Waals surface area contributed by atoms with Crippen LogP contribution < -0.4 is 10.5 Å². The maximum Gasteiger partial charge on any atom is 0.122 e. The molecule has 1 aromatic carbocycles. The molecule has 1 rings (SSSR count). The van der Waals surface area contributed by atoms with E-state index in [2.05, 4.69) is 51.9 Å². The normalized spacial score (nSPS) is 14.7. The molecule has 18 heavy (non-hydrogen) atoms. The Balaban J connectivity index is 3.16. The first-order valence-electron chi connectivity index (χ1n) is 6.44. The number of hydrogen-bond acceptors (Lipinski definition) is 3. The molecule has 0 saturated heterocycles. The van der Waals surface area contributed by atoms with Gasteiger partial charge in [0.2, 0.25) is 0 Å². The number of rotatable bonds is 5. The van der Waals surface area contributed by atoms with Gasteiger partial charge in [-0.15, -0.1) is 0 Å². The lowest BCUT2D eigenvalue weighted by molar-refractivity contribution is 0.271. The number of nitrogens with zero attached hydrogens (tertiary/aromatic N) is 1. The van der Waals surface area contributed by atoms with Crippen LogP contribution in [0.25, 0.3) is 0 Å². The van der Waals surface area contributed by atoms with E-state index in [0.29, 0.717) is 6.04 Å². The van der Waals surface area contributed by atoms with Crippen LogP contribution in [0.4, 0.5) is 0 Å². The second-order valence-electron chi connectivity index (χ2n) is 5.37. The van der Waals surface area contributed by atoms with Crippen molar-refractivity contribution in [3.63, 3.8) is 0 Å². The zero-order chi connectivity index (χ0) is 13.9. The summed E-state index contributed by atoms with van der Waals surface area (Å²) in [5.74, 6) is 0.953. The Morgan fingerprint density at radius 1 is 1.22 bits per heavy atom. The third-order valence-corrected chi connectivity index (χ3v) is 3.36. The Morgan fingerprint density at radius 3 is 2.28 bits per heavy atom. The molecule has 0 heterocycles. The van der Waals surface area contributed by atoms with Crippen LogP contribution in [0.15, 0.2) is 12.1 Å². The van der Waals surface area contributed by atoms with Crippen molar-refractivity contribution in [2.24, 2.45) is 5.73 Å². The van der Waals surface area contributed by atoms with Gasteiger partial charge in [0.25, 0.3) is 0 Å². The molecule has 0 fully saturated rings. The predicted molar refractivity (Wildman–Crippen MR) is 77.2 cm³/mol. The highest BCUT2D eigenvalue weighted by molar-refractivity contribution is 5.42. The molecule has 0 bridgehead atoms. The van der Waals surface area contributed by atoms with E-state index < -0.39 is 0 Å². The summed E-state index contributed by atoms with van der Waals surface area (Å²) >= 11 is 0. The number of ether oxygens (including phenoxy) is 1. The van der Waals surface area contributed by atoms with Crippen molar-refractivity contribution in [3.05, 3.63) is 28.8 Å². The Bertz CT molecular complexity index is 400. The molecule has 2 N–H and O–H groups in total. The first-order chi connectivity index (χ1) is 8.36. The Labute approximate surface area is 111 Å². The first kappa shape index (κ1) is 15.0. The monoisotopic (exact) mass is 250 g/mol. The molecule has 3 heteroatoms. The van der Waals surface area contributed by atoms with Crippen molar-refractivity contribution in [1.82, 2.24) is 4.90 Å². The molecule has 2 atom stereocenters. The molecular weight excluding hydrogens is 224 g/mol. The van der Waals surface area contributed by atoms with Crippen LogP contribution in [0, 0.1) is 13.8 Å². The van der Waals surface area contributed by atoms with Crippen LogP contribution in [0.3, 0.4) is 0 Å². The van der Waals surface area contributed by atoms with Crippen molar-refractivity contribution in [1.29, 1.82) is 0 Å². The summed E-state index contributed by atoms with van der Waals surface area (Å²) in [4.78, 5) is 2.23. The molecule has 0 radical (unpaired) electrons. The van der Waals surface area contributed by atoms with Crippen LogP contribution >= 0.6 is 0 Å². The third kappa shape index (κ3) is 3.47. The first-order valence-corrected chi connectivity index (χ1v) is 6.44. The number of aryl methyl sites for hydroxylation is 2. The highest BCUT2D eigenvalue weighted by Gasteiger charge is 2.19. The molecule has 1 aromatic rings. The summed E-state index contributed by atoms with van der Waals surface area (Å²) in [6.07, 6.45) is 0.958. The fourth-order valence-corrected chi connectivity index (χ4v) is 2.36. The lowest BCUT2D eigenvalue weighted by atomic mass is 9.93. The van der Waals surface area contributed by atoms with Crippen LogP contribution in [0.1, 0.15) is 36.1 Å². The summed E-state index contributed by atoms with van der Waals surface area (Å²) in [6, 6.07) is 4.89. The maximum atomic E-state index is 5.96. The van der Waals surface area contributed by atoms with Gasteiger partial charge in [-0.2, -0.15) is 0 Å². The molecule has 0 aliphatic carbocycles. The number of benzene rings is 1. The topological polar surface area (TPSA) is 38.5 Å². The van der Waals surface area contributed by atoms with Gasteiger partial charge in [0.15, 0.2) is 0 Å². The van der Waals surface area contributed by atoms with Gasteiger partial charge in [-0.05, 0) is 64.0 Å². The van der Waals surface area contributed by atoms with E-state index in [0.717, 1.165) is 12.2 Å². The van der Waals surface area contributed by atoms with Crippen LogP contribution in [-0.4, -0.2) is 32.1 Å². The van der Waals surface area contributed by atoms with Gasteiger partial charge in [-0.1, -0.05) is 6.07 Å². The van der Waals surface area contributed by atoms with E-state index >= 15 is 0 Å². The molecular formula is C15H26N2O. The summed E-state index contributed by atoms with van der Waals surface area (Å²) in [5, 5.41) is 0. The van der Waals surface area contributed by atoms with Crippen molar-refractivity contribution < 1.29 is 4.74 Å². The van der Waals surface area contributed by atoms with Crippen LogP contribution in [0.5, 0.6) is 5.75 Å². The molecule has 0 spiro atoms. The van der Waals surface area contributed by atoms with Crippen molar-refractivity contribution >= 4 is 0 Å². The van der Waals surface area contributed by atoms with E-state index in [1.165, 1.54) is 16.7 Å². The van der Waals surface area contributed by atoms with Crippen molar-refractivity contribution in [3.8, 4) is 5.75 Å². The molecule has 2 unspecified atom stereocenters. The number of methoxy groups -OCH3 is 1. The second kappa shape index (κ2) is 6.21. The van der Waals surface area contributed by atoms with E-state index in [1.54, 1.807) is 7.11 Å². The van der Waals surface area contributed by atoms with E-state index in [1.807, 2.05) is 0 Å². The molecule has 0 saturated carbocycles. The number of nitrogens with two attached hydrogens (primary N) is 1. The summed E-state index contributed by atoms with van der Waals surface area (Å²) in [5.41, 5.74) is 9.74. The minimum absolute atomic E-state index is 0.194. The highest BCUT2D eigenvalue weighted by atomic mass is 16.5. The molecule has 0 amide bonds. The zero-order valence-corrected chi connectivity index (χ0v) is 12.4. The minimum atomic E-state index is 0.194. The van der Waals surface area contributed by atoms with Gasteiger partial charge in [-0.25, -0.2) is 0 Å². The Kier molecular flexibility index (Phi) is 5.17. The molecule has 0 aliphatic heterocycles. The highest BCUT2D eigenvalue weighted by Crippen LogP contribution is 2.31. The van der Waals surface area contributed by atoms with Gasteiger partial charge in [0.05, 0.1) is 7.11 Å². The lowest BCUT2D eigenvalue weighted by Crippen LogP contribution is -2.28. The second-order valence-corrected chi connectivity index (χ2v) is 5.37. The fourth-order valence-electron chi connectivity index (χ4n) is 2.36. The third-order valence-electron chi connectivity index (χ3n) is 3.36. The molecule has 0 aliphatic rings. The van der Waals surface area contributed by atoms with Gasteiger partial charge < -0.3 is 15.4 Å². The largest absolute Gasteiger partial charge is 0.496 e. The fraction of sp³-hybridized carbons (Fsp3) is 0.600. The summed E-state index contributed by atoms with van der Waals surface area (Å²) in [7, 11) is 5.92. The maximum absolute atomic E-state index is 5.96. The summed E-state index contributed by atoms with van der Waals surface area (Å²) in [6.45, 7) is 6.28. The van der Waals surface area contributed by atoms with E-state index in [-0.39, 0.29) is 6.04 Å². The number of hydrogen-bond donors (Lipinski definition) is 1. The smallest absolute Gasteiger partial charge is 0.122 e. The van der Waals surface area contributed by atoms with Crippen molar-refractivity contribution in [2.45, 2.75) is 39.3 Å². The molecule has 3 nitrogen and oxygen atoms in total. The molecule has 102 valence electrons. The van der Waals surface area contributed by atoms with Crippen molar-refractivity contribution in [2.75, 3.05) is 21.2 Å². The lowest BCUT2D eigenvalue weighted by Gasteiger charge is -2.28. The van der Waals surface area contributed by atoms with E-state index in [9.17, 15) is 0 Å². The summed E-state index contributed by atoms with van der Waals surface area (Å²) < 4.78 is 5.36. The standard InChI is InChI=1S/C15H26N2O/c1-10-8-15(18-6)11(2)7-13(10)14(17(4)5)9-12(3)16/h7-8,12,14H,9,16H2,1-6H3. The van der Waals surface area contributed by atoms with Gasteiger partial charge in [0, 0.05) is 12.1 Å². The quantitative estimate of drug-likeness (QED) is 0.873. The molecule has 0 aromatic heterocycles. The average Bonchev–Trinajstić information content (AvgIpc) is 2.28. The van der Waals surface area contributed by atoms with Gasteiger partial charge in [0.1, 0.15) is 5.75 Å². The van der Waals surface area contributed by atoms with E-state index in [4.69, 9.17) is 10.5 Å². The van der Waals surface area contributed by atoms with Crippen LogP contribution in [0.2, 0.25) is 0 Å². The SMILES string of the molecule is COc1cc(C)c(C(CC(C)N)N(C)C)cc1C.